The Balaban J connectivity index is 1.71. The van der Waals surface area contributed by atoms with Crippen molar-refractivity contribution in [2.75, 3.05) is 12.0 Å². The Morgan fingerprint density at radius 1 is 1.38 bits per heavy atom. The van der Waals surface area contributed by atoms with Gasteiger partial charge in [-0.15, -0.1) is 17.9 Å². The Labute approximate surface area is 155 Å². The molecule has 1 aliphatic heterocycles. The molecule has 4 rings (SSSR count). The lowest BCUT2D eigenvalue weighted by molar-refractivity contribution is -0.929. The highest BCUT2D eigenvalue weighted by Gasteiger charge is 2.27. The van der Waals surface area contributed by atoms with Gasteiger partial charge in [-0.3, -0.25) is 14.8 Å². The minimum Gasteiger partial charge on any atom is -0.326 e. The standard InChI is InChI=1S/C19H21N5OS/c1-2-9-24-18(25)16-14-8-10-23(11-13-6-4-3-5-7-13)12-15(14)26-17(16)21-19(24)22-20/h2-7H,1,8-12,20H2,(H,21,22)/p+1. The molecule has 3 heterocycles. The molecule has 7 heteroatoms. The van der Waals surface area contributed by atoms with Gasteiger partial charge >= 0.3 is 0 Å². The van der Waals surface area contributed by atoms with Crippen molar-refractivity contribution in [1.82, 2.24) is 9.55 Å². The van der Waals surface area contributed by atoms with Crippen LogP contribution in [0.5, 0.6) is 0 Å². The molecule has 0 fully saturated rings. The number of fused-ring (bicyclic) bond motifs is 3. The summed E-state index contributed by atoms with van der Waals surface area (Å²) in [6, 6.07) is 10.5. The minimum atomic E-state index is -0.0353. The average Bonchev–Trinajstić information content (AvgIpc) is 3.02. The quantitative estimate of drug-likeness (QED) is 0.358. The third kappa shape index (κ3) is 2.94. The van der Waals surface area contributed by atoms with E-state index < -0.39 is 0 Å². The van der Waals surface area contributed by atoms with E-state index in [9.17, 15) is 4.79 Å². The van der Waals surface area contributed by atoms with Gasteiger partial charge in [0.05, 0.1) is 16.8 Å². The molecule has 0 bridgehead atoms. The number of nitrogens with zero attached hydrogens (tertiary/aromatic N) is 2. The van der Waals surface area contributed by atoms with Crippen molar-refractivity contribution in [3.8, 4) is 0 Å². The van der Waals surface area contributed by atoms with Crippen molar-refractivity contribution >= 4 is 27.5 Å². The van der Waals surface area contributed by atoms with E-state index in [0.717, 1.165) is 36.3 Å². The first kappa shape index (κ1) is 17.0. The average molecular weight is 368 g/mol. The van der Waals surface area contributed by atoms with E-state index in [1.807, 2.05) is 6.07 Å². The monoisotopic (exact) mass is 368 g/mol. The molecule has 4 N–H and O–H groups in total. The second-order valence-electron chi connectivity index (χ2n) is 6.56. The second kappa shape index (κ2) is 7.03. The van der Waals surface area contributed by atoms with Crippen LogP contribution in [-0.4, -0.2) is 16.1 Å². The van der Waals surface area contributed by atoms with Crippen molar-refractivity contribution in [2.24, 2.45) is 5.84 Å². The van der Waals surface area contributed by atoms with E-state index in [4.69, 9.17) is 5.84 Å². The summed E-state index contributed by atoms with van der Waals surface area (Å²) in [7, 11) is 0. The van der Waals surface area contributed by atoms with Crippen molar-refractivity contribution in [3.63, 3.8) is 0 Å². The molecule has 0 saturated heterocycles. The van der Waals surface area contributed by atoms with Crippen LogP contribution in [-0.2, 0) is 26.1 Å². The van der Waals surface area contributed by atoms with Crippen LogP contribution >= 0.6 is 11.3 Å². The van der Waals surface area contributed by atoms with Gasteiger partial charge in [0, 0.05) is 18.5 Å². The Hall–Kier alpha value is -2.48. The highest BCUT2D eigenvalue weighted by molar-refractivity contribution is 7.18. The van der Waals surface area contributed by atoms with Crippen molar-refractivity contribution < 1.29 is 4.90 Å². The van der Waals surface area contributed by atoms with Crippen LogP contribution in [0, 0.1) is 0 Å². The van der Waals surface area contributed by atoms with E-state index in [1.54, 1.807) is 22.0 Å². The Kier molecular flexibility index (Phi) is 4.58. The van der Waals surface area contributed by atoms with Crippen molar-refractivity contribution in [3.05, 3.63) is 69.3 Å². The van der Waals surface area contributed by atoms with Crippen LogP contribution < -0.4 is 21.7 Å². The summed E-state index contributed by atoms with van der Waals surface area (Å²) < 4.78 is 1.55. The fourth-order valence-corrected chi connectivity index (χ4v) is 4.94. The summed E-state index contributed by atoms with van der Waals surface area (Å²) in [6.45, 7) is 7.05. The van der Waals surface area contributed by atoms with Gasteiger partial charge in [-0.1, -0.05) is 36.4 Å². The van der Waals surface area contributed by atoms with E-state index in [-0.39, 0.29) is 5.56 Å². The molecular formula is C19H22N5OS+. The number of hydrogen-bond acceptors (Lipinski definition) is 5. The topological polar surface area (TPSA) is 77.4 Å². The lowest BCUT2D eigenvalue weighted by atomic mass is 10.0. The molecule has 1 atom stereocenters. The van der Waals surface area contributed by atoms with E-state index in [1.165, 1.54) is 20.9 Å². The number of quaternary nitrogens is 1. The maximum atomic E-state index is 13.0. The SMILES string of the molecule is C=CCn1c(NN)nc2sc3c(c2c1=O)CC[NH+](Cc1ccccc1)C3. The van der Waals surface area contributed by atoms with E-state index >= 15 is 0 Å². The first-order valence-electron chi connectivity index (χ1n) is 8.71. The third-order valence-electron chi connectivity index (χ3n) is 4.87. The number of hydrogen-bond donors (Lipinski definition) is 3. The van der Waals surface area contributed by atoms with Gasteiger partial charge in [0.2, 0.25) is 5.95 Å². The molecule has 26 heavy (non-hydrogen) atoms. The van der Waals surface area contributed by atoms with Crippen LogP contribution in [0.1, 0.15) is 16.0 Å². The lowest BCUT2D eigenvalue weighted by Gasteiger charge is -2.23. The number of benzene rings is 1. The fraction of sp³-hybridized carbons (Fsp3) is 0.263. The molecule has 134 valence electrons. The lowest BCUT2D eigenvalue weighted by Crippen LogP contribution is -3.10. The van der Waals surface area contributed by atoms with Crippen molar-refractivity contribution in [2.45, 2.75) is 26.1 Å². The molecule has 2 aromatic heterocycles. The molecular weight excluding hydrogens is 346 g/mol. The summed E-state index contributed by atoms with van der Waals surface area (Å²) in [6.07, 6.45) is 2.58. The summed E-state index contributed by atoms with van der Waals surface area (Å²) in [5, 5.41) is 0.754. The smallest absolute Gasteiger partial charge is 0.264 e. The second-order valence-corrected chi connectivity index (χ2v) is 7.64. The zero-order chi connectivity index (χ0) is 18.1. The molecule has 6 nitrogen and oxygen atoms in total. The van der Waals surface area contributed by atoms with Gasteiger partial charge in [-0.05, 0) is 5.56 Å². The molecule has 1 aromatic carbocycles. The normalized spacial score (nSPS) is 16.4. The summed E-state index contributed by atoms with van der Waals surface area (Å²) >= 11 is 1.62. The molecule has 0 amide bonds. The van der Waals surface area contributed by atoms with Crippen LogP contribution in [0.15, 0.2) is 47.8 Å². The molecule has 0 spiro atoms. The zero-order valence-corrected chi connectivity index (χ0v) is 15.3. The van der Waals surface area contributed by atoms with Crippen LogP contribution in [0.25, 0.3) is 10.2 Å². The maximum Gasteiger partial charge on any atom is 0.264 e. The minimum absolute atomic E-state index is 0.0353. The highest BCUT2D eigenvalue weighted by atomic mass is 32.1. The van der Waals surface area contributed by atoms with Gasteiger partial charge in [0.15, 0.2) is 0 Å². The molecule has 1 unspecified atom stereocenters. The molecule has 0 saturated carbocycles. The number of hydrazine groups is 1. The largest absolute Gasteiger partial charge is 0.326 e. The van der Waals surface area contributed by atoms with Gasteiger partial charge < -0.3 is 4.90 Å². The number of nitrogen functional groups attached to an aromatic ring is 1. The summed E-state index contributed by atoms with van der Waals surface area (Å²) in [5.74, 6) is 5.95. The van der Waals surface area contributed by atoms with Gasteiger partial charge in [0.1, 0.15) is 17.9 Å². The molecule has 1 aliphatic rings. The maximum absolute atomic E-state index is 13.0. The molecule has 3 aromatic rings. The number of anilines is 1. The Bertz CT molecular complexity index is 1010. The number of rotatable bonds is 5. The predicted octanol–water partition coefficient (Wildman–Crippen LogP) is 1.07. The van der Waals surface area contributed by atoms with Gasteiger partial charge in [-0.25, -0.2) is 10.8 Å². The number of aromatic nitrogens is 2. The fourth-order valence-electron chi connectivity index (χ4n) is 3.65. The number of allylic oxidation sites excluding steroid dienone is 1. The Morgan fingerprint density at radius 3 is 2.92 bits per heavy atom. The predicted molar refractivity (Wildman–Crippen MR) is 105 cm³/mol. The van der Waals surface area contributed by atoms with Crippen LogP contribution in [0.2, 0.25) is 0 Å². The Morgan fingerprint density at radius 2 is 2.19 bits per heavy atom. The number of nitrogens with one attached hydrogen (secondary N) is 2. The third-order valence-corrected chi connectivity index (χ3v) is 6.00. The molecule has 0 radical (unpaired) electrons. The first-order chi connectivity index (χ1) is 12.7. The first-order valence-corrected chi connectivity index (χ1v) is 9.53. The highest BCUT2D eigenvalue weighted by Crippen LogP contribution is 2.30. The summed E-state index contributed by atoms with van der Waals surface area (Å²) in [5.41, 5.74) is 5.01. The van der Waals surface area contributed by atoms with Gasteiger partial charge in [-0.2, -0.15) is 0 Å². The molecule has 0 aliphatic carbocycles. The van der Waals surface area contributed by atoms with E-state index in [0.29, 0.717) is 12.5 Å². The van der Waals surface area contributed by atoms with E-state index in [2.05, 4.69) is 41.3 Å². The van der Waals surface area contributed by atoms with Crippen LogP contribution in [0.3, 0.4) is 0 Å². The number of thiophene rings is 1. The van der Waals surface area contributed by atoms with Crippen LogP contribution in [0.4, 0.5) is 5.95 Å². The number of nitrogens with two attached hydrogens (primary N) is 1. The zero-order valence-electron chi connectivity index (χ0n) is 14.5. The van der Waals surface area contributed by atoms with Gasteiger partial charge in [0.25, 0.3) is 5.56 Å². The van der Waals surface area contributed by atoms with Crippen molar-refractivity contribution in [1.29, 1.82) is 0 Å². The summed E-state index contributed by atoms with van der Waals surface area (Å²) in [4.78, 5) is 21.1.